The van der Waals surface area contributed by atoms with Gasteiger partial charge < -0.3 is 15.3 Å². The van der Waals surface area contributed by atoms with E-state index in [4.69, 9.17) is 16.7 Å². The van der Waals surface area contributed by atoms with Crippen LogP contribution in [0.1, 0.15) is 75.8 Å². The lowest BCUT2D eigenvalue weighted by Gasteiger charge is -2.31. The number of carbonyl (C=O) groups excluding carboxylic acids is 1. The van der Waals surface area contributed by atoms with Crippen LogP contribution in [0.2, 0.25) is 5.02 Å². The number of carbonyl (C=O) groups is 2. The van der Waals surface area contributed by atoms with Gasteiger partial charge in [-0.05, 0) is 56.3 Å². The minimum absolute atomic E-state index is 0.0424. The van der Waals surface area contributed by atoms with Crippen LogP contribution in [0.25, 0.3) is 0 Å². The molecular weight excluding hydrogens is 476 g/mol. The van der Waals surface area contributed by atoms with E-state index in [0.29, 0.717) is 36.3 Å². The van der Waals surface area contributed by atoms with Gasteiger partial charge in [0.05, 0.1) is 0 Å². The number of carboxylic acid groups (broad SMARTS) is 1. The average molecular weight is 516 g/mol. The number of alkyl halides is 2. The number of piperidine rings is 1. The molecule has 0 spiro atoms. The highest BCUT2D eigenvalue weighted by Gasteiger charge is 2.26. The number of likely N-dealkylation sites (tertiary alicyclic amines) is 2. The van der Waals surface area contributed by atoms with Crippen LogP contribution in [0.3, 0.4) is 0 Å². The molecule has 0 saturated carbocycles. The number of hydrogen-bond donors (Lipinski definition) is 2. The summed E-state index contributed by atoms with van der Waals surface area (Å²) in [5.41, 5.74) is 0.402. The van der Waals surface area contributed by atoms with Gasteiger partial charge in [0.2, 0.25) is 6.41 Å². The fourth-order valence-electron chi connectivity index (χ4n) is 4.82. The van der Waals surface area contributed by atoms with Crippen LogP contribution < -0.4 is 5.32 Å². The number of unbranched alkanes of at least 4 members (excludes halogenated alkanes) is 3. The minimum atomic E-state index is -2.55. The molecule has 3 rings (SSSR count). The molecule has 0 unspecified atom stereocenters. The highest BCUT2D eigenvalue weighted by Crippen LogP contribution is 2.31. The number of halogens is 3. The smallest absolute Gasteiger partial charge is 0.303 e. The van der Waals surface area contributed by atoms with Crippen molar-refractivity contribution in [2.24, 2.45) is 5.92 Å². The Balaban J connectivity index is 0.000000258. The second kappa shape index (κ2) is 16.1. The number of benzene rings is 1. The van der Waals surface area contributed by atoms with Crippen molar-refractivity contribution in [3.05, 3.63) is 34.3 Å². The quantitative estimate of drug-likeness (QED) is 0.290. The third-order valence-electron chi connectivity index (χ3n) is 6.82. The Morgan fingerprint density at radius 2 is 1.89 bits per heavy atom. The molecule has 2 N–H and O–H groups in total. The molecule has 0 bridgehead atoms. The van der Waals surface area contributed by atoms with Gasteiger partial charge in [-0.1, -0.05) is 49.9 Å². The summed E-state index contributed by atoms with van der Waals surface area (Å²) in [5.74, 6) is -0.729. The summed E-state index contributed by atoms with van der Waals surface area (Å²) in [6, 6.07) is 4.93. The lowest BCUT2D eigenvalue weighted by atomic mass is 10.0. The first-order valence-electron chi connectivity index (χ1n) is 12.8. The zero-order valence-corrected chi connectivity index (χ0v) is 21.5. The molecule has 2 aliphatic heterocycles. The summed E-state index contributed by atoms with van der Waals surface area (Å²) >= 11 is 6.02. The zero-order valence-electron chi connectivity index (χ0n) is 20.7. The summed E-state index contributed by atoms with van der Waals surface area (Å²) in [4.78, 5) is 25.5. The van der Waals surface area contributed by atoms with Crippen molar-refractivity contribution in [3.8, 4) is 0 Å². The molecule has 0 aromatic heterocycles. The Morgan fingerprint density at radius 3 is 2.51 bits per heavy atom. The number of aliphatic carboxylic acids is 1. The number of nitrogens with zero attached hydrogens (tertiary/aromatic N) is 2. The first-order valence-corrected chi connectivity index (χ1v) is 13.1. The predicted molar refractivity (Wildman–Crippen MR) is 135 cm³/mol. The lowest BCUT2D eigenvalue weighted by molar-refractivity contribution is -0.138. The van der Waals surface area contributed by atoms with Gasteiger partial charge in [-0.25, -0.2) is 8.78 Å². The minimum Gasteiger partial charge on any atom is -0.481 e. The van der Waals surface area contributed by atoms with E-state index in [1.54, 1.807) is 6.07 Å². The second-order valence-electron chi connectivity index (χ2n) is 9.56. The number of rotatable bonds is 12. The molecule has 198 valence electrons. The highest BCUT2D eigenvalue weighted by atomic mass is 35.5. The third kappa shape index (κ3) is 10.8. The van der Waals surface area contributed by atoms with Gasteiger partial charge in [-0.15, -0.1) is 0 Å². The SMILES string of the molecule is CCCCCCN1CCC(NC=O)CC1.O=C(O)C[C@@H]1CCN(Cc2c(Cl)cccc2C(F)F)C1. The van der Waals surface area contributed by atoms with E-state index >= 15 is 0 Å². The second-order valence-corrected chi connectivity index (χ2v) is 9.96. The van der Waals surface area contributed by atoms with Gasteiger partial charge in [0.15, 0.2) is 0 Å². The molecule has 0 aliphatic carbocycles. The topological polar surface area (TPSA) is 72.9 Å². The van der Waals surface area contributed by atoms with E-state index < -0.39 is 12.4 Å². The number of nitrogens with one attached hydrogen (secondary N) is 1. The van der Waals surface area contributed by atoms with E-state index in [1.807, 2.05) is 4.90 Å². The van der Waals surface area contributed by atoms with Crippen LogP contribution in [-0.2, 0) is 16.1 Å². The molecule has 35 heavy (non-hydrogen) atoms. The summed E-state index contributed by atoms with van der Waals surface area (Å²) in [6.45, 7) is 7.46. The largest absolute Gasteiger partial charge is 0.481 e. The standard InChI is InChI=1S/C14H16ClF2NO2.C12H24N2O/c15-12-3-1-2-10(14(16)17)11(12)8-18-5-4-9(7-18)6-13(19)20;1-2-3-4-5-8-14-9-6-12(7-10-14)13-11-15/h1-3,9,14H,4-8H2,(H,19,20);11-12H,2-10H2,1H3,(H,13,15)/t9-;/m0./s1. The maximum Gasteiger partial charge on any atom is 0.303 e. The van der Waals surface area contributed by atoms with Gasteiger partial charge in [-0.2, -0.15) is 0 Å². The number of amides is 1. The van der Waals surface area contributed by atoms with Gasteiger partial charge in [0, 0.05) is 49.2 Å². The zero-order chi connectivity index (χ0) is 25.6. The predicted octanol–water partition coefficient (Wildman–Crippen LogP) is 5.35. The first kappa shape index (κ1) is 29.5. The summed E-state index contributed by atoms with van der Waals surface area (Å²) in [7, 11) is 0. The van der Waals surface area contributed by atoms with E-state index in [1.165, 1.54) is 44.4 Å². The monoisotopic (exact) mass is 515 g/mol. The summed E-state index contributed by atoms with van der Waals surface area (Å²) in [5, 5.41) is 12.0. The lowest BCUT2D eigenvalue weighted by Crippen LogP contribution is -2.42. The van der Waals surface area contributed by atoms with Gasteiger partial charge in [-0.3, -0.25) is 14.5 Å². The van der Waals surface area contributed by atoms with Gasteiger partial charge >= 0.3 is 5.97 Å². The van der Waals surface area contributed by atoms with Crippen LogP contribution in [0, 0.1) is 5.92 Å². The molecule has 1 aromatic carbocycles. The molecule has 1 atom stereocenters. The molecule has 2 aliphatic rings. The third-order valence-corrected chi connectivity index (χ3v) is 7.18. The molecule has 2 heterocycles. The molecule has 2 saturated heterocycles. The summed E-state index contributed by atoms with van der Waals surface area (Å²) in [6.07, 6.45) is 6.79. The average Bonchev–Trinajstić information content (AvgIpc) is 3.25. The Morgan fingerprint density at radius 1 is 1.17 bits per heavy atom. The Kier molecular flexibility index (Phi) is 13.5. The van der Waals surface area contributed by atoms with Crippen molar-refractivity contribution in [2.75, 3.05) is 32.7 Å². The highest BCUT2D eigenvalue weighted by molar-refractivity contribution is 6.31. The van der Waals surface area contributed by atoms with Crippen molar-refractivity contribution in [1.82, 2.24) is 15.1 Å². The van der Waals surface area contributed by atoms with E-state index in [0.717, 1.165) is 38.8 Å². The molecule has 1 aromatic rings. The van der Waals surface area contributed by atoms with Crippen LogP contribution in [0.5, 0.6) is 0 Å². The first-order chi connectivity index (χ1) is 16.8. The maximum atomic E-state index is 13.0. The number of hydrogen-bond acceptors (Lipinski definition) is 4. The van der Waals surface area contributed by atoms with Crippen LogP contribution in [0.15, 0.2) is 18.2 Å². The van der Waals surface area contributed by atoms with E-state index in [9.17, 15) is 18.4 Å². The van der Waals surface area contributed by atoms with Crippen LogP contribution in [0.4, 0.5) is 8.78 Å². The summed E-state index contributed by atoms with van der Waals surface area (Å²) < 4.78 is 26.0. The molecule has 6 nitrogen and oxygen atoms in total. The van der Waals surface area contributed by atoms with Gasteiger partial charge in [0.1, 0.15) is 0 Å². The fraction of sp³-hybridized carbons (Fsp3) is 0.692. The Labute approximate surface area is 213 Å². The van der Waals surface area contributed by atoms with Crippen LogP contribution in [-0.4, -0.2) is 66.1 Å². The van der Waals surface area contributed by atoms with Crippen molar-refractivity contribution in [1.29, 1.82) is 0 Å². The molecule has 1 amide bonds. The van der Waals surface area contributed by atoms with Crippen molar-refractivity contribution >= 4 is 24.0 Å². The van der Waals surface area contributed by atoms with Crippen molar-refractivity contribution in [2.45, 2.75) is 77.3 Å². The van der Waals surface area contributed by atoms with E-state index in [2.05, 4.69) is 17.1 Å². The molecule has 2 fully saturated rings. The molecule has 0 radical (unpaired) electrons. The Hall–Kier alpha value is -1.77. The maximum absolute atomic E-state index is 13.0. The van der Waals surface area contributed by atoms with Crippen molar-refractivity contribution in [3.63, 3.8) is 0 Å². The molecule has 9 heteroatoms. The normalized spacial score (nSPS) is 19.4. The number of carboxylic acids is 1. The Bertz CT molecular complexity index is 776. The van der Waals surface area contributed by atoms with Crippen molar-refractivity contribution < 1.29 is 23.5 Å². The molecular formula is C26H40ClF2N3O3. The van der Waals surface area contributed by atoms with Crippen LogP contribution >= 0.6 is 11.6 Å². The van der Waals surface area contributed by atoms with E-state index in [-0.39, 0.29) is 17.9 Å². The fourth-order valence-corrected chi connectivity index (χ4v) is 5.06. The van der Waals surface area contributed by atoms with Gasteiger partial charge in [0.25, 0.3) is 6.43 Å².